The third-order valence-corrected chi connectivity index (χ3v) is 5.65. The Labute approximate surface area is 131 Å². The van der Waals surface area contributed by atoms with E-state index in [1.165, 1.54) is 0 Å². The van der Waals surface area contributed by atoms with Crippen LogP contribution in [0, 0.1) is 0 Å². The first-order valence-electron chi connectivity index (χ1n) is 7.04. The van der Waals surface area contributed by atoms with Gasteiger partial charge in [-0.1, -0.05) is 11.6 Å². The Morgan fingerprint density at radius 1 is 1.52 bits per heavy atom. The fraction of sp³-hybridized carbons (Fsp3) is 0.643. The van der Waals surface area contributed by atoms with Crippen LogP contribution in [-0.4, -0.2) is 56.1 Å². The molecular formula is C14H21ClN2O3S. The van der Waals surface area contributed by atoms with Gasteiger partial charge in [0, 0.05) is 39.0 Å². The summed E-state index contributed by atoms with van der Waals surface area (Å²) < 4.78 is 28.5. The lowest BCUT2D eigenvalue weighted by Gasteiger charge is -2.28. The van der Waals surface area contributed by atoms with E-state index in [1.54, 1.807) is 13.3 Å². The maximum absolute atomic E-state index is 11.7. The number of hydrogen-bond acceptors (Lipinski definition) is 5. The van der Waals surface area contributed by atoms with Crippen LogP contribution in [0.5, 0.6) is 0 Å². The molecule has 7 heteroatoms. The van der Waals surface area contributed by atoms with Gasteiger partial charge in [-0.3, -0.25) is 4.90 Å². The van der Waals surface area contributed by atoms with Crippen LogP contribution in [0.1, 0.15) is 18.4 Å². The number of sulfone groups is 1. The average molecular weight is 333 g/mol. The number of halogens is 1. The zero-order chi connectivity index (χ0) is 15.3. The highest BCUT2D eigenvalue weighted by Gasteiger charge is 2.32. The molecule has 0 radical (unpaired) electrons. The van der Waals surface area contributed by atoms with Gasteiger partial charge >= 0.3 is 0 Å². The van der Waals surface area contributed by atoms with E-state index >= 15 is 0 Å². The predicted octanol–water partition coefficient (Wildman–Crippen LogP) is 1.76. The second kappa shape index (κ2) is 7.54. The minimum Gasteiger partial charge on any atom is -0.385 e. The Hall–Kier alpha value is -0.690. The molecule has 0 amide bonds. The molecular weight excluding hydrogens is 312 g/mol. The molecule has 0 aromatic carbocycles. The van der Waals surface area contributed by atoms with E-state index in [-0.39, 0.29) is 17.5 Å². The number of rotatable bonds is 7. The van der Waals surface area contributed by atoms with Crippen molar-refractivity contribution in [3.05, 3.63) is 29.0 Å². The van der Waals surface area contributed by atoms with Gasteiger partial charge in [0.05, 0.1) is 11.5 Å². The van der Waals surface area contributed by atoms with Crippen LogP contribution in [-0.2, 0) is 21.1 Å². The molecule has 1 unspecified atom stereocenters. The average Bonchev–Trinajstić information content (AvgIpc) is 2.78. The molecule has 1 aliphatic heterocycles. The van der Waals surface area contributed by atoms with Gasteiger partial charge in [-0.15, -0.1) is 0 Å². The number of ether oxygens (including phenoxy) is 1. The van der Waals surface area contributed by atoms with Crippen molar-refractivity contribution >= 4 is 21.4 Å². The molecule has 1 fully saturated rings. The lowest BCUT2D eigenvalue weighted by Crippen LogP contribution is -2.36. The van der Waals surface area contributed by atoms with Crippen LogP contribution in [0.15, 0.2) is 18.3 Å². The molecule has 0 spiro atoms. The van der Waals surface area contributed by atoms with Crippen molar-refractivity contribution in [2.75, 3.05) is 31.8 Å². The third kappa shape index (κ3) is 5.21. The molecule has 2 heterocycles. The van der Waals surface area contributed by atoms with Crippen molar-refractivity contribution in [3.63, 3.8) is 0 Å². The minimum atomic E-state index is -2.88. The van der Waals surface area contributed by atoms with E-state index in [0.717, 1.165) is 18.5 Å². The molecule has 1 atom stereocenters. The molecule has 0 saturated carbocycles. The summed E-state index contributed by atoms with van der Waals surface area (Å²) in [6.07, 6.45) is 3.26. The third-order valence-electron chi connectivity index (χ3n) is 3.70. The highest BCUT2D eigenvalue weighted by atomic mass is 35.5. The molecule has 0 bridgehead atoms. The quantitative estimate of drug-likeness (QED) is 0.562. The summed E-state index contributed by atoms with van der Waals surface area (Å²) in [6.45, 7) is 2.17. The number of nitrogens with zero attached hydrogens (tertiary/aromatic N) is 2. The molecule has 1 aromatic heterocycles. The molecule has 1 aliphatic rings. The van der Waals surface area contributed by atoms with Crippen molar-refractivity contribution in [3.8, 4) is 0 Å². The maximum atomic E-state index is 11.7. The molecule has 5 nitrogen and oxygen atoms in total. The van der Waals surface area contributed by atoms with Crippen molar-refractivity contribution in [1.82, 2.24) is 9.88 Å². The first kappa shape index (κ1) is 16.7. The van der Waals surface area contributed by atoms with Crippen molar-refractivity contribution in [2.24, 2.45) is 0 Å². The molecule has 1 saturated heterocycles. The maximum Gasteiger partial charge on any atom is 0.151 e. The summed E-state index contributed by atoms with van der Waals surface area (Å²) in [5, 5.41) is 0.461. The Kier molecular flexibility index (Phi) is 5.98. The van der Waals surface area contributed by atoms with Gasteiger partial charge in [0.2, 0.25) is 0 Å². The first-order valence-corrected chi connectivity index (χ1v) is 9.24. The van der Waals surface area contributed by atoms with Gasteiger partial charge < -0.3 is 4.74 Å². The summed E-state index contributed by atoms with van der Waals surface area (Å²) in [5.41, 5.74) is 1.05. The van der Waals surface area contributed by atoms with Gasteiger partial charge in [0.15, 0.2) is 9.84 Å². The van der Waals surface area contributed by atoms with E-state index in [1.807, 2.05) is 12.1 Å². The SMILES string of the molecule is COCCCN(Cc1ccnc(Cl)c1)C1CCS(=O)(=O)C1. The molecule has 2 rings (SSSR count). The molecule has 0 N–H and O–H groups in total. The fourth-order valence-corrected chi connectivity index (χ4v) is 4.60. The lowest BCUT2D eigenvalue weighted by molar-refractivity contribution is 0.150. The number of hydrogen-bond donors (Lipinski definition) is 0. The van der Waals surface area contributed by atoms with Crippen LogP contribution in [0.2, 0.25) is 5.15 Å². The Morgan fingerprint density at radius 3 is 2.95 bits per heavy atom. The summed E-state index contributed by atoms with van der Waals surface area (Å²) in [6, 6.07) is 3.83. The highest BCUT2D eigenvalue weighted by molar-refractivity contribution is 7.91. The molecule has 21 heavy (non-hydrogen) atoms. The zero-order valence-electron chi connectivity index (χ0n) is 12.2. The van der Waals surface area contributed by atoms with Gasteiger partial charge in [-0.2, -0.15) is 0 Å². The van der Waals surface area contributed by atoms with Gasteiger partial charge in [-0.25, -0.2) is 13.4 Å². The monoisotopic (exact) mass is 332 g/mol. The van der Waals surface area contributed by atoms with E-state index in [0.29, 0.717) is 24.7 Å². The van der Waals surface area contributed by atoms with Crippen molar-refractivity contribution in [1.29, 1.82) is 0 Å². The van der Waals surface area contributed by atoms with Gasteiger partial charge in [0.25, 0.3) is 0 Å². The molecule has 118 valence electrons. The van der Waals surface area contributed by atoms with E-state index in [2.05, 4.69) is 9.88 Å². The van der Waals surface area contributed by atoms with Crippen LogP contribution in [0.25, 0.3) is 0 Å². The molecule has 0 aliphatic carbocycles. The fourth-order valence-electron chi connectivity index (χ4n) is 2.64. The first-order chi connectivity index (χ1) is 10.00. The van der Waals surface area contributed by atoms with Crippen LogP contribution in [0.4, 0.5) is 0 Å². The normalized spacial score (nSPS) is 21.0. The Balaban J connectivity index is 2.05. The van der Waals surface area contributed by atoms with Crippen LogP contribution >= 0.6 is 11.6 Å². The second-order valence-electron chi connectivity index (χ2n) is 5.36. The standard InChI is InChI=1S/C14H21ClN2O3S/c1-20-7-2-6-17(13-4-8-21(18,19)11-13)10-12-3-5-16-14(15)9-12/h3,5,9,13H,2,4,6-8,10-11H2,1H3. The van der Waals surface area contributed by atoms with Crippen LogP contribution < -0.4 is 0 Å². The zero-order valence-corrected chi connectivity index (χ0v) is 13.7. The van der Waals surface area contributed by atoms with E-state index < -0.39 is 9.84 Å². The number of pyridine rings is 1. The van der Waals surface area contributed by atoms with Gasteiger partial charge in [-0.05, 0) is 30.5 Å². The largest absolute Gasteiger partial charge is 0.385 e. The smallest absolute Gasteiger partial charge is 0.151 e. The number of methoxy groups -OCH3 is 1. The van der Waals surface area contributed by atoms with Gasteiger partial charge in [0.1, 0.15) is 5.15 Å². The van der Waals surface area contributed by atoms with Crippen molar-refractivity contribution < 1.29 is 13.2 Å². The van der Waals surface area contributed by atoms with E-state index in [4.69, 9.17) is 16.3 Å². The summed E-state index contributed by atoms with van der Waals surface area (Å²) in [7, 11) is -1.21. The minimum absolute atomic E-state index is 0.0822. The second-order valence-corrected chi connectivity index (χ2v) is 7.98. The lowest BCUT2D eigenvalue weighted by atomic mass is 10.1. The van der Waals surface area contributed by atoms with Crippen LogP contribution in [0.3, 0.4) is 0 Å². The topological polar surface area (TPSA) is 59.5 Å². The highest BCUT2D eigenvalue weighted by Crippen LogP contribution is 2.21. The number of aromatic nitrogens is 1. The summed E-state index contributed by atoms with van der Waals surface area (Å²) >= 11 is 5.91. The summed E-state index contributed by atoms with van der Waals surface area (Å²) in [5.74, 6) is 0.536. The Bertz CT molecular complexity index is 565. The summed E-state index contributed by atoms with van der Waals surface area (Å²) in [4.78, 5) is 6.19. The molecule has 1 aromatic rings. The van der Waals surface area contributed by atoms with Crippen molar-refractivity contribution in [2.45, 2.75) is 25.4 Å². The predicted molar refractivity (Wildman–Crippen MR) is 83.2 cm³/mol. The van der Waals surface area contributed by atoms with E-state index in [9.17, 15) is 8.42 Å². The Morgan fingerprint density at radius 2 is 2.33 bits per heavy atom.